The lowest BCUT2D eigenvalue weighted by molar-refractivity contribution is 0.879. The van der Waals surface area contributed by atoms with Gasteiger partial charge < -0.3 is 0 Å². The van der Waals surface area contributed by atoms with Crippen molar-refractivity contribution in [1.82, 2.24) is 9.97 Å². The van der Waals surface area contributed by atoms with E-state index >= 15 is 0 Å². The predicted molar refractivity (Wildman–Crippen MR) is 62.6 cm³/mol. The number of fused-ring (bicyclic) bond motifs is 3. The normalized spacial score (nSPS) is 13.1. The van der Waals surface area contributed by atoms with Crippen LogP contribution in [0, 0.1) is 0 Å². The number of halogens is 1. The Morgan fingerprint density at radius 1 is 1.13 bits per heavy atom. The molecule has 1 aliphatic carbocycles. The maximum absolute atomic E-state index is 4.32. The minimum absolute atomic E-state index is 1.01. The van der Waals surface area contributed by atoms with Gasteiger partial charge in [0.25, 0.3) is 0 Å². The van der Waals surface area contributed by atoms with Crippen molar-refractivity contribution in [3.8, 4) is 11.1 Å². The largest absolute Gasteiger partial charge is 0.244 e. The van der Waals surface area contributed by atoms with Gasteiger partial charge in [-0.1, -0.05) is 28.1 Å². The Hall–Kier alpha value is -1.22. The molecule has 0 unspecified atom stereocenters. The van der Waals surface area contributed by atoms with Gasteiger partial charge in [-0.2, -0.15) is 0 Å². The summed E-state index contributed by atoms with van der Waals surface area (Å²) < 4.78 is 1.19. The molecule has 2 aromatic rings. The first-order valence-electron chi connectivity index (χ1n) is 4.93. The van der Waals surface area contributed by atoms with Gasteiger partial charge in [0.1, 0.15) is 6.33 Å². The Kier molecular flexibility index (Phi) is 2.06. The van der Waals surface area contributed by atoms with Gasteiger partial charge in [-0.3, -0.25) is 0 Å². The van der Waals surface area contributed by atoms with Crippen molar-refractivity contribution in [2.75, 3.05) is 0 Å². The molecule has 3 heteroatoms. The molecule has 74 valence electrons. The first-order chi connectivity index (χ1) is 7.36. The van der Waals surface area contributed by atoms with Crippen LogP contribution in [0.4, 0.5) is 0 Å². The number of aryl methyl sites for hydroxylation is 1. The zero-order valence-corrected chi connectivity index (χ0v) is 9.66. The predicted octanol–water partition coefficient (Wildman–Crippen LogP) is 3.00. The molecule has 0 N–H and O–H groups in total. The van der Waals surface area contributed by atoms with Gasteiger partial charge in [-0.15, -0.1) is 0 Å². The van der Waals surface area contributed by atoms with Crippen LogP contribution in [-0.2, 0) is 12.8 Å². The molecule has 0 aliphatic heterocycles. The highest BCUT2D eigenvalue weighted by molar-refractivity contribution is 9.10. The van der Waals surface area contributed by atoms with E-state index in [9.17, 15) is 0 Å². The quantitative estimate of drug-likeness (QED) is 0.728. The van der Waals surface area contributed by atoms with E-state index in [-0.39, 0.29) is 0 Å². The summed E-state index contributed by atoms with van der Waals surface area (Å²) in [5.41, 5.74) is 4.99. The molecule has 3 rings (SSSR count). The molecule has 0 bridgehead atoms. The molecule has 0 fully saturated rings. The third kappa shape index (κ3) is 1.38. The van der Waals surface area contributed by atoms with Crippen LogP contribution in [0.3, 0.4) is 0 Å². The molecular formula is C12H9BrN2. The van der Waals surface area contributed by atoms with Gasteiger partial charge in [0, 0.05) is 16.2 Å². The Morgan fingerprint density at radius 2 is 2.07 bits per heavy atom. The van der Waals surface area contributed by atoms with Crippen LogP contribution in [0.15, 0.2) is 35.2 Å². The second kappa shape index (κ2) is 3.42. The fraction of sp³-hybridized carbons (Fsp3) is 0.167. The second-order valence-corrected chi connectivity index (χ2v) is 4.50. The van der Waals surface area contributed by atoms with Crippen molar-refractivity contribution in [2.45, 2.75) is 12.8 Å². The number of benzene rings is 1. The van der Waals surface area contributed by atoms with Crippen molar-refractivity contribution in [2.24, 2.45) is 0 Å². The molecule has 1 aromatic carbocycles. The third-order valence-electron chi connectivity index (χ3n) is 2.82. The first kappa shape index (κ1) is 9.04. The average Bonchev–Trinajstić information content (AvgIpc) is 2.29. The van der Waals surface area contributed by atoms with Gasteiger partial charge >= 0.3 is 0 Å². The molecule has 2 nitrogen and oxygen atoms in total. The van der Waals surface area contributed by atoms with Crippen LogP contribution in [0.5, 0.6) is 0 Å². The highest BCUT2D eigenvalue weighted by Gasteiger charge is 2.18. The summed E-state index contributed by atoms with van der Waals surface area (Å²) in [7, 11) is 0. The zero-order chi connectivity index (χ0) is 10.3. The summed E-state index contributed by atoms with van der Waals surface area (Å²) in [6.07, 6.45) is 5.60. The van der Waals surface area contributed by atoms with Crippen LogP contribution < -0.4 is 0 Å². The van der Waals surface area contributed by atoms with Gasteiger partial charge in [-0.25, -0.2) is 9.97 Å². The fourth-order valence-electron chi connectivity index (χ4n) is 2.09. The van der Waals surface area contributed by atoms with Gasteiger partial charge in [0.2, 0.25) is 0 Å². The van der Waals surface area contributed by atoms with Gasteiger partial charge in [0.05, 0.1) is 5.69 Å². The van der Waals surface area contributed by atoms with Crippen LogP contribution >= 0.6 is 15.9 Å². The van der Waals surface area contributed by atoms with Crippen LogP contribution in [-0.4, -0.2) is 9.97 Å². The molecule has 0 radical (unpaired) electrons. The molecule has 0 spiro atoms. The van der Waals surface area contributed by atoms with Gasteiger partial charge in [0.15, 0.2) is 0 Å². The van der Waals surface area contributed by atoms with Crippen LogP contribution in [0.1, 0.15) is 11.3 Å². The van der Waals surface area contributed by atoms with Crippen LogP contribution in [0.25, 0.3) is 11.1 Å². The molecule has 1 aliphatic rings. The smallest absolute Gasteiger partial charge is 0.115 e. The molecular weight excluding hydrogens is 252 g/mol. The molecule has 0 saturated heterocycles. The number of hydrogen-bond donors (Lipinski definition) is 0. The Bertz CT molecular complexity index is 523. The number of rotatable bonds is 0. The van der Waals surface area contributed by atoms with Crippen molar-refractivity contribution < 1.29 is 0 Å². The lowest BCUT2D eigenvalue weighted by Gasteiger charge is -2.19. The van der Waals surface area contributed by atoms with E-state index in [0.29, 0.717) is 0 Å². The van der Waals surface area contributed by atoms with E-state index < -0.39 is 0 Å². The summed E-state index contributed by atoms with van der Waals surface area (Å²) >= 11 is 3.59. The minimum Gasteiger partial charge on any atom is -0.244 e. The van der Waals surface area contributed by atoms with Crippen molar-refractivity contribution in [3.05, 3.63) is 46.5 Å². The Labute approximate surface area is 96.5 Å². The SMILES string of the molecule is Brc1cccc2c1CCc1ncncc1-2. The van der Waals surface area contributed by atoms with E-state index in [2.05, 4.69) is 44.1 Å². The summed E-state index contributed by atoms with van der Waals surface area (Å²) in [6.45, 7) is 0. The standard InChI is InChI=1S/C12H9BrN2/c13-11-3-1-2-8-9(11)4-5-12-10(8)6-14-7-15-12/h1-3,6-7H,4-5H2. The third-order valence-corrected chi connectivity index (χ3v) is 3.56. The van der Waals surface area contributed by atoms with E-state index in [0.717, 1.165) is 18.5 Å². The molecule has 0 atom stereocenters. The van der Waals surface area contributed by atoms with Crippen LogP contribution in [0.2, 0.25) is 0 Å². The highest BCUT2D eigenvalue weighted by atomic mass is 79.9. The Morgan fingerprint density at radius 3 is 3.00 bits per heavy atom. The molecule has 1 aromatic heterocycles. The lowest BCUT2D eigenvalue weighted by atomic mass is 9.90. The second-order valence-electron chi connectivity index (χ2n) is 3.65. The minimum atomic E-state index is 1.01. The number of nitrogens with zero attached hydrogens (tertiary/aromatic N) is 2. The topological polar surface area (TPSA) is 25.8 Å². The van der Waals surface area contributed by atoms with E-state index in [4.69, 9.17) is 0 Å². The van der Waals surface area contributed by atoms with Crippen molar-refractivity contribution in [3.63, 3.8) is 0 Å². The molecule has 1 heterocycles. The first-order valence-corrected chi connectivity index (χ1v) is 5.72. The van der Waals surface area contributed by atoms with Crippen molar-refractivity contribution >= 4 is 15.9 Å². The number of hydrogen-bond acceptors (Lipinski definition) is 2. The van der Waals surface area contributed by atoms with E-state index in [1.165, 1.54) is 21.2 Å². The van der Waals surface area contributed by atoms with Crippen molar-refractivity contribution in [1.29, 1.82) is 0 Å². The molecule has 0 saturated carbocycles. The lowest BCUT2D eigenvalue weighted by Crippen LogP contribution is -2.06. The maximum atomic E-state index is 4.32. The number of aromatic nitrogens is 2. The summed E-state index contributed by atoms with van der Waals surface area (Å²) in [5.74, 6) is 0. The van der Waals surface area contributed by atoms with E-state index in [1.807, 2.05) is 6.20 Å². The summed E-state index contributed by atoms with van der Waals surface area (Å²) in [4.78, 5) is 8.42. The van der Waals surface area contributed by atoms with E-state index in [1.54, 1.807) is 6.33 Å². The van der Waals surface area contributed by atoms with Gasteiger partial charge in [-0.05, 0) is 30.0 Å². The average molecular weight is 261 g/mol. The summed E-state index contributed by atoms with van der Waals surface area (Å²) in [6, 6.07) is 6.29. The zero-order valence-electron chi connectivity index (χ0n) is 8.07. The fourth-order valence-corrected chi connectivity index (χ4v) is 2.65. The monoisotopic (exact) mass is 260 g/mol. The Balaban J connectivity index is 2.30. The maximum Gasteiger partial charge on any atom is 0.115 e. The summed E-state index contributed by atoms with van der Waals surface area (Å²) in [5, 5.41) is 0. The highest BCUT2D eigenvalue weighted by Crippen LogP contribution is 2.35. The molecule has 15 heavy (non-hydrogen) atoms. The molecule has 0 amide bonds.